The third-order valence-corrected chi connectivity index (χ3v) is 4.08. The summed E-state index contributed by atoms with van der Waals surface area (Å²) in [4.78, 5) is 19.8. The molecule has 0 aliphatic rings. The molecule has 7 nitrogen and oxygen atoms in total. The molecule has 0 fully saturated rings. The number of ether oxygens (including phenoxy) is 1. The van der Waals surface area contributed by atoms with Gasteiger partial charge in [0.2, 0.25) is 0 Å². The summed E-state index contributed by atoms with van der Waals surface area (Å²) < 4.78 is 27.6. The van der Waals surface area contributed by atoms with Gasteiger partial charge in [-0.05, 0) is 12.5 Å². The van der Waals surface area contributed by atoms with Crippen LogP contribution in [0.25, 0.3) is 0 Å². The normalized spacial score (nSPS) is 12.7. The van der Waals surface area contributed by atoms with E-state index in [1.54, 1.807) is 0 Å². The molecular weight excluding hydrogens is 262 g/mol. The quantitative estimate of drug-likeness (QED) is 0.564. The summed E-state index contributed by atoms with van der Waals surface area (Å²) in [7, 11) is -3.66. The molecule has 0 bridgehead atoms. The van der Waals surface area contributed by atoms with Crippen molar-refractivity contribution < 1.29 is 22.9 Å². The summed E-state index contributed by atoms with van der Waals surface area (Å²) in [6.07, 6.45) is 0. The van der Waals surface area contributed by atoms with Crippen LogP contribution in [0.1, 0.15) is 12.5 Å². The molecule has 0 aromatic heterocycles. The van der Waals surface area contributed by atoms with Crippen molar-refractivity contribution in [1.82, 2.24) is 0 Å². The van der Waals surface area contributed by atoms with Crippen LogP contribution in [-0.2, 0) is 25.1 Å². The van der Waals surface area contributed by atoms with Crippen molar-refractivity contribution in [2.24, 2.45) is 0 Å². The number of non-ortho nitro benzene ring substituents is 1. The Morgan fingerprint density at radius 1 is 1.39 bits per heavy atom. The fourth-order valence-corrected chi connectivity index (χ4v) is 2.28. The molecule has 18 heavy (non-hydrogen) atoms. The van der Waals surface area contributed by atoms with Gasteiger partial charge in [0.25, 0.3) is 5.69 Å². The van der Waals surface area contributed by atoms with Gasteiger partial charge in [-0.1, -0.05) is 12.1 Å². The van der Waals surface area contributed by atoms with E-state index in [4.69, 9.17) is 0 Å². The lowest BCUT2D eigenvalue weighted by Gasteiger charge is -2.10. The van der Waals surface area contributed by atoms with Crippen molar-refractivity contribution in [2.45, 2.75) is 18.1 Å². The van der Waals surface area contributed by atoms with Gasteiger partial charge in [-0.25, -0.2) is 13.2 Å². The van der Waals surface area contributed by atoms with Crippen LogP contribution < -0.4 is 0 Å². The second-order valence-corrected chi connectivity index (χ2v) is 5.78. The predicted molar refractivity (Wildman–Crippen MR) is 62.0 cm³/mol. The van der Waals surface area contributed by atoms with Gasteiger partial charge < -0.3 is 4.74 Å². The summed E-state index contributed by atoms with van der Waals surface area (Å²) >= 11 is 0. The molecule has 1 radical (unpaired) electrons. The summed E-state index contributed by atoms with van der Waals surface area (Å²) in [5.74, 6) is -0.367. The molecule has 0 saturated carbocycles. The van der Waals surface area contributed by atoms with Crippen LogP contribution in [-0.4, -0.2) is 25.2 Å². The lowest BCUT2D eigenvalue weighted by atomic mass is 10.2. The van der Waals surface area contributed by atoms with E-state index >= 15 is 0 Å². The van der Waals surface area contributed by atoms with Crippen molar-refractivity contribution in [2.75, 3.05) is 0 Å². The molecular formula is C10H10NO6S. The Bertz CT molecular complexity index is 536. The Morgan fingerprint density at radius 3 is 2.39 bits per heavy atom. The summed E-state index contributed by atoms with van der Waals surface area (Å²) in [6, 6.07) is 5.10. The largest absolute Gasteiger partial charge is 0.438 e. The van der Waals surface area contributed by atoms with E-state index < -0.39 is 20.2 Å². The topological polar surface area (TPSA) is 104 Å². The van der Waals surface area contributed by atoms with E-state index in [1.165, 1.54) is 31.2 Å². The van der Waals surface area contributed by atoms with Crippen LogP contribution in [0.15, 0.2) is 24.3 Å². The number of hydrogen-bond acceptors (Lipinski definition) is 6. The van der Waals surface area contributed by atoms with Crippen molar-refractivity contribution in [3.05, 3.63) is 39.9 Å². The zero-order valence-corrected chi connectivity index (χ0v) is 10.2. The predicted octanol–water partition coefficient (Wildman–Crippen LogP) is 0.939. The highest BCUT2D eigenvalue weighted by Gasteiger charge is 2.22. The second-order valence-electron chi connectivity index (χ2n) is 3.50. The van der Waals surface area contributed by atoms with Crippen LogP contribution in [0.4, 0.5) is 5.69 Å². The first-order chi connectivity index (χ1) is 8.36. The van der Waals surface area contributed by atoms with Gasteiger partial charge in [-0.15, -0.1) is 0 Å². The summed E-state index contributed by atoms with van der Waals surface area (Å²) in [6.45, 7) is 2.28. The Hall–Kier alpha value is -1.96. The zero-order valence-electron chi connectivity index (χ0n) is 9.40. The van der Waals surface area contributed by atoms with Crippen LogP contribution in [0, 0.1) is 10.1 Å². The molecule has 1 aromatic rings. The molecule has 8 heteroatoms. The lowest BCUT2D eigenvalue weighted by molar-refractivity contribution is -0.384. The third-order valence-electron chi connectivity index (χ3n) is 2.23. The highest BCUT2D eigenvalue weighted by atomic mass is 32.2. The molecule has 0 amide bonds. The fourth-order valence-electron chi connectivity index (χ4n) is 1.20. The van der Waals surface area contributed by atoms with Crippen LogP contribution in [0.5, 0.6) is 0 Å². The summed E-state index contributed by atoms with van der Waals surface area (Å²) in [5.41, 5.74) is -1.05. The number of hydrogen-bond donors (Lipinski definition) is 0. The maximum atomic E-state index is 11.7. The number of carbonyl (C=O) groups excluding carboxylic acids is 1. The fraction of sp³-hybridized carbons (Fsp3) is 0.300. The minimum absolute atomic E-state index is 0.123. The average Bonchev–Trinajstić information content (AvgIpc) is 2.29. The average molecular weight is 272 g/mol. The monoisotopic (exact) mass is 272 g/mol. The molecule has 1 unspecified atom stereocenters. The van der Waals surface area contributed by atoms with Crippen molar-refractivity contribution in [3.8, 4) is 0 Å². The van der Waals surface area contributed by atoms with E-state index in [0.717, 1.165) is 6.47 Å². The van der Waals surface area contributed by atoms with Gasteiger partial charge in [0.05, 0.1) is 10.7 Å². The molecule has 0 spiro atoms. The van der Waals surface area contributed by atoms with Gasteiger partial charge >= 0.3 is 6.47 Å². The molecule has 1 aromatic carbocycles. The number of rotatable bonds is 6. The van der Waals surface area contributed by atoms with Gasteiger partial charge in [0.1, 0.15) is 0 Å². The van der Waals surface area contributed by atoms with Crippen LogP contribution in [0.2, 0.25) is 0 Å². The Balaban J connectivity index is 2.84. The molecule has 1 rings (SSSR count). The smallest absolute Gasteiger partial charge is 0.418 e. The highest BCUT2D eigenvalue weighted by Crippen LogP contribution is 2.16. The first-order valence-corrected chi connectivity index (χ1v) is 6.56. The first kappa shape index (κ1) is 14.1. The number of nitro benzene ring substituents is 1. The van der Waals surface area contributed by atoms with Gasteiger partial charge in [0.15, 0.2) is 15.3 Å². The van der Waals surface area contributed by atoms with Crippen molar-refractivity contribution in [1.29, 1.82) is 0 Å². The Labute approximate surface area is 103 Å². The summed E-state index contributed by atoms with van der Waals surface area (Å²) in [5, 5.41) is 10.4. The number of nitro groups is 1. The standard InChI is InChI=1S/C10H10NO6S/c1-8(17-7-12)18(15,16)6-9-2-4-10(5-3-9)11(13)14/h2-5,8H,6H2,1H3. The van der Waals surface area contributed by atoms with E-state index in [0.29, 0.717) is 5.56 Å². The minimum Gasteiger partial charge on any atom is -0.438 e. The number of nitrogens with zero attached hydrogens (tertiary/aromatic N) is 1. The number of sulfone groups is 1. The molecule has 0 N–H and O–H groups in total. The van der Waals surface area contributed by atoms with Crippen LogP contribution in [0.3, 0.4) is 0 Å². The minimum atomic E-state index is -3.66. The van der Waals surface area contributed by atoms with Gasteiger partial charge in [-0.3, -0.25) is 10.1 Å². The number of benzene rings is 1. The first-order valence-electron chi connectivity index (χ1n) is 4.84. The van der Waals surface area contributed by atoms with E-state index in [1.807, 2.05) is 0 Å². The molecule has 0 saturated heterocycles. The third kappa shape index (κ3) is 3.52. The maximum Gasteiger partial charge on any atom is 0.418 e. The van der Waals surface area contributed by atoms with Gasteiger partial charge in [-0.2, -0.15) is 0 Å². The van der Waals surface area contributed by atoms with E-state index in [-0.39, 0.29) is 11.4 Å². The second kappa shape index (κ2) is 5.58. The molecule has 97 valence electrons. The zero-order chi connectivity index (χ0) is 13.8. The van der Waals surface area contributed by atoms with E-state index in [2.05, 4.69) is 4.74 Å². The maximum absolute atomic E-state index is 11.7. The molecule has 0 heterocycles. The molecule has 0 aliphatic carbocycles. The van der Waals surface area contributed by atoms with Crippen molar-refractivity contribution >= 4 is 22.0 Å². The SMILES string of the molecule is CC(O[C]=O)S(=O)(=O)Cc1ccc([N+](=O)[O-])cc1. The Kier molecular flexibility index (Phi) is 4.38. The lowest BCUT2D eigenvalue weighted by Crippen LogP contribution is -2.22. The Morgan fingerprint density at radius 2 is 1.94 bits per heavy atom. The highest BCUT2D eigenvalue weighted by molar-refractivity contribution is 7.91. The molecule has 1 atom stereocenters. The van der Waals surface area contributed by atoms with Crippen LogP contribution >= 0.6 is 0 Å². The van der Waals surface area contributed by atoms with Crippen molar-refractivity contribution in [3.63, 3.8) is 0 Å². The van der Waals surface area contributed by atoms with E-state index in [9.17, 15) is 23.3 Å². The van der Waals surface area contributed by atoms with Gasteiger partial charge in [0, 0.05) is 12.1 Å². The molecule has 0 aliphatic heterocycles.